The molecule has 0 aliphatic carbocycles. The number of aromatic nitrogens is 1. The smallest absolute Gasteiger partial charge is 0.297 e. The third-order valence-electron chi connectivity index (χ3n) is 5.90. The highest BCUT2D eigenvalue weighted by Gasteiger charge is 2.18. The molecule has 1 heterocycles. The van der Waals surface area contributed by atoms with Crippen molar-refractivity contribution >= 4 is 10.9 Å². The van der Waals surface area contributed by atoms with E-state index in [1.807, 2.05) is 48.5 Å². The van der Waals surface area contributed by atoms with Crippen molar-refractivity contribution in [2.24, 2.45) is 0 Å². The Morgan fingerprint density at radius 3 is 2.33 bits per heavy atom. The summed E-state index contributed by atoms with van der Waals surface area (Å²) in [5.74, 6) is 0.640. The van der Waals surface area contributed by atoms with Crippen LogP contribution in [0, 0.1) is 0 Å². The van der Waals surface area contributed by atoms with Gasteiger partial charge >= 0.3 is 0 Å². The Bertz CT molecular complexity index is 1060. The van der Waals surface area contributed by atoms with Gasteiger partial charge < -0.3 is 19.1 Å². The first kappa shape index (κ1) is 24.7. The summed E-state index contributed by atoms with van der Waals surface area (Å²) in [6.45, 7) is 5.73. The maximum atomic E-state index is 13.3. The zero-order valence-corrected chi connectivity index (χ0v) is 20.0. The molecular formula is C28H37NO4. The van der Waals surface area contributed by atoms with Gasteiger partial charge in [0.25, 0.3) is 5.56 Å². The van der Waals surface area contributed by atoms with E-state index >= 15 is 0 Å². The Morgan fingerprint density at radius 2 is 1.58 bits per heavy atom. The zero-order chi connectivity index (χ0) is 23.5. The second-order valence-electron chi connectivity index (χ2n) is 8.56. The lowest BCUT2D eigenvalue weighted by Gasteiger charge is -2.17. The van der Waals surface area contributed by atoms with Crippen LogP contribution in [0.15, 0.2) is 53.3 Å². The second kappa shape index (κ2) is 12.9. The topological polar surface area (TPSA) is 60.7 Å². The number of aryl methyl sites for hydroxylation is 1. The van der Waals surface area contributed by atoms with Crippen molar-refractivity contribution < 1.29 is 14.6 Å². The number of hydrogen-bond donors (Lipinski definition) is 1. The summed E-state index contributed by atoms with van der Waals surface area (Å²) in [5, 5.41) is 11.5. The average molecular weight is 452 g/mol. The molecule has 0 bridgehead atoms. The van der Waals surface area contributed by atoms with Crippen LogP contribution in [0.5, 0.6) is 17.2 Å². The van der Waals surface area contributed by atoms with Crippen LogP contribution in [0.25, 0.3) is 10.9 Å². The number of fused-ring (bicyclic) bond motifs is 1. The van der Waals surface area contributed by atoms with Crippen LogP contribution < -0.4 is 15.0 Å². The molecule has 0 aliphatic heterocycles. The summed E-state index contributed by atoms with van der Waals surface area (Å²) in [5.41, 5.74) is 1.48. The molecule has 5 heteroatoms. The Morgan fingerprint density at radius 1 is 0.848 bits per heavy atom. The minimum Gasteiger partial charge on any atom is -0.504 e. The SMILES string of the molecule is CCCCCCCCn1c(=O)c(OCCCC)c(O)c2ccc(OCc3ccccc3)cc21. The fourth-order valence-corrected chi connectivity index (χ4v) is 3.94. The van der Waals surface area contributed by atoms with Crippen LogP contribution in [0.3, 0.4) is 0 Å². The minimum atomic E-state index is -0.273. The number of rotatable bonds is 14. The molecule has 1 aromatic heterocycles. The number of ether oxygens (including phenoxy) is 2. The van der Waals surface area contributed by atoms with Gasteiger partial charge in [0.05, 0.1) is 12.1 Å². The van der Waals surface area contributed by atoms with Gasteiger partial charge in [-0.1, -0.05) is 82.7 Å². The molecular weight excluding hydrogens is 414 g/mol. The summed E-state index contributed by atoms with van der Waals surface area (Å²) in [4.78, 5) is 13.3. The van der Waals surface area contributed by atoms with E-state index in [-0.39, 0.29) is 17.1 Å². The number of nitrogens with zero attached hydrogens (tertiary/aromatic N) is 1. The van der Waals surface area contributed by atoms with Gasteiger partial charge in [-0.2, -0.15) is 0 Å². The predicted octanol–water partition coefficient (Wildman–Crippen LogP) is 6.83. The molecule has 0 spiro atoms. The van der Waals surface area contributed by atoms with Crippen molar-refractivity contribution in [3.8, 4) is 17.2 Å². The van der Waals surface area contributed by atoms with Gasteiger partial charge in [-0.15, -0.1) is 0 Å². The van der Waals surface area contributed by atoms with Crippen molar-refractivity contribution in [3.63, 3.8) is 0 Å². The average Bonchev–Trinajstić information content (AvgIpc) is 2.84. The highest BCUT2D eigenvalue weighted by Crippen LogP contribution is 2.34. The second-order valence-corrected chi connectivity index (χ2v) is 8.56. The Labute approximate surface area is 197 Å². The maximum absolute atomic E-state index is 13.3. The zero-order valence-electron chi connectivity index (χ0n) is 20.0. The van der Waals surface area contributed by atoms with Gasteiger partial charge in [0.2, 0.25) is 5.75 Å². The van der Waals surface area contributed by atoms with Crippen molar-refractivity contribution in [2.75, 3.05) is 6.61 Å². The van der Waals surface area contributed by atoms with E-state index in [1.54, 1.807) is 4.57 Å². The lowest BCUT2D eigenvalue weighted by Crippen LogP contribution is -2.23. The van der Waals surface area contributed by atoms with E-state index in [4.69, 9.17) is 9.47 Å². The first-order chi connectivity index (χ1) is 16.2. The highest BCUT2D eigenvalue weighted by molar-refractivity contribution is 5.88. The number of benzene rings is 2. The normalized spacial score (nSPS) is 11.1. The highest BCUT2D eigenvalue weighted by atomic mass is 16.5. The fourth-order valence-electron chi connectivity index (χ4n) is 3.94. The van der Waals surface area contributed by atoms with Crippen LogP contribution in [-0.2, 0) is 13.2 Å². The predicted molar refractivity (Wildman–Crippen MR) is 134 cm³/mol. The van der Waals surface area contributed by atoms with Gasteiger partial charge in [0.1, 0.15) is 12.4 Å². The van der Waals surface area contributed by atoms with E-state index in [0.29, 0.717) is 36.4 Å². The van der Waals surface area contributed by atoms with E-state index in [9.17, 15) is 9.90 Å². The van der Waals surface area contributed by atoms with Gasteiger partial charge in [0.15, 0.2) is 5.75 Å². The third-order valence-corrected chi connectivity index (χ3v) is 5.90. The molecule has 3 aromatic rings. The van der Waals surface area contributed by atoms with E-state index < -0.39 is 0 Å². The summed E-state index contributed by atoms with van der Waals surface area (Å²) in [6, 6.07) is 15.5. The van der Waals surface area contributed by atoms with Crippen molar-refractivity contribution in [2.45, 2.75) is 78.4 Å². The minimum absolute atomic E-state index is 0.0555. The van der Waals surface area contributed by atoms with E-state index in [2.05, 4.69) is 13.8 Å². The standard InChI is InChI=1S/C28H37NO4/c1-3-5-7-8-9-13-18-29-25-20-23(33-21-22-14-11-10-12-15-22)16-17-24(25)26(30)27(28(29)31)32-19-6-4-2/h10-12,14-17,20,30H,3-9,13,18-19,21H2,1-2H3. The largest absolute Gasteiger partial charge is 0.504 e. The van der Waals surface area contributed by atoms with Gasteiger partial charge in [-0.05, 0) is 30.5 Å². The van der Waals surface area contributed by atoms with Gasteiger partial charge in [-0.3, -0.25) is 4.79 Å². The monoisotopic (exact) mass is 451 g/mol. The molecule has 0 aliphatic rings. The third kappa shape index (κ3) is 6.77. The fraction of sp³-hybridized carbons (Fsp3) is 0.464. The van der Waals surface area contributed by atoms with Crippen molar-refractivity contribution in [3.05, 3.63) is 64.4 Å². The van der Waals surface area contributed by atoms with Crippen LogP contribution in [-0.4, -0.2) is 16.3 Å². The van der Waals surface area contributed by atoms with Crippen LogP contribution in [0.2, 0.25) is 0 Å². The summed E-state index contributed by atoms with van der Waals surface area (Å²) in [6.07, 6.45) is 8.64. The number of unbranched alkanes of at least 4 members (excludes halogenated alkanes) is 6. The lowest BCUT2D eigenvalue weighted by atomic mass is 10.1. The molecule has 0 atom stereocenters. The molecule has 1 N–H and O–H groups in total. The first-order valence-electron chi connectivity index (χ1n) is 12.3. The quantitative estimate of drug-likeness (QED) is 0.273. The molecule has 5 nitrogen and oxygen atoms in total. The van der Waals surface area contributed by atoms with Crippen LogP contribution >= 0.6 is 0 Å². The lowest BCUT2D eigenvalue weighted by molar-refractivity contribution is 0.287. The molecule has 0 radical (unpaired) electrons. The maximum Gasteiger partial charge on any atom is 0.297 e. The first-order valence-corrected chi connectivity index (χ1v) is 12.3. The Hall–Kier alpha value is -2.95. The molecule has 2 aromatic carbocycles. The van der Waals surface area contributed by atoms with Gasteiger partial charge in [0, 0.05) is 18.0 Å². The van der Waals surface area contributed by atoms with E-state index in [1.165, 1.54) is 25.7 Å². The molecule has 0 unspecified atom stereocenters. The molecule has 178 valence electrons. The number of hydrogen-bond acceptors (Lipinski definition) is 4. The van der Waals surface area contributed by atoms with Crippen molar-refractivity contribution in [1.82, 2.24) is 4.57 Å². The number of pyridine rings is 1. The number of aromatic hydroxyl groups is 1. The van der Waals surface area contributed by atoms with Crippen LogP contribution in [0.1, 0.15) is 70.8 Å². The molecule has 0 amide bonds. The summed E-state index contributed by atoms with van der Waals surface area (Å²) >= 11 is 0. The van der Waals surface area contributed by atoms with E-state index in [0.717, 1.165) is 31.2 Å². The Kier molecular flexibility index (Phi) is 9.67. The Balaban J connectivity index is 1.88. The molecule has 33 heavy (non-hydrogen) atoms. The van der Waals surface area contributed by atoms with Crippen LogP contribution in [0.4, 0.5) is 0 Å². The van der Waals surface area contributed by atoms with Crippen molar-refractivity contribution in [1.29, 1.82) is 0 Å². The molecule has 0 saturated carbocycles. The summed E-state index contributed by atoms with van der Waals surface area (Å²) < 4.78 is 13.5. The molecule has 3 rings (SSSR count). The molecule has 0 fully saturated rings. The molecule has 0 saturated heterocycles. The van der Waals surface area contributed by atoms with Gasteiger partial charge in [-0.25, -0.2) is 0 Å². The summed E-state index contributed by atoms with van der Waals surface area (Å²) in [7, 11) is 0.